The van der Waals surface area contributed by atoms with Crippen molar-refractivity contribution >= 4 is 33.4 Å². The number of aliphatic hydroxyl groups excluding tert-OH is 1. The zero-order valence-electron chi connectivity index (χ0n) is 11.7. The summed E-state index contributed by atoms with van der Waals surface area (Å²) >= 11 is 3.28. The van der Waals surface area contributed by atoms with Gasteiger partial charge in [0, 0.05) is 10.0 Å². The van der Waals surface area contributed by atoms with Crippen molar-refractivity contribution in [3.8, 4) is 0 Å². The predicted molar refractivity (Wildman–Crippen MR) is 86.0 cm³/mol. The molecule has 0 aromatic heterocycles. The van der Waals surface area contributed by atoms with E-state index < -0.39 is 23.5 Å². The number of hydrogen-bond acceptors (Lipinski definition) is 3. The molecule has 0 radical (unpaired) electrons. The van der Waals surface area contributed by atoms with Gasteiger partial charge in [-0.05, 0) is 29.8 Å². The Balaban J connectivity index is 2.12. The highest BCUT2D eigenvalue weighted by Crippen LogP contribution is 2.33. The van der Waals surface area contributed by atoms with Gasteiger partial charge < -0.3 is 10.4 Å². The number of rotatable bonds is 2. The Morgan fingerprint density at radius 3 is 2.48 bits per heavy atom. The summed E-state index contributed by atoms with van der Waals surface area (Å²) in [6, 6.07) is 11.3. The molecule has 116 valence electrons. The molecule has 1 aliphatic heterocycles. The summed E-state index contributed by atoms with van der Waals surface area (Å²) in [7, 11) is 0. The van der Waals surface area contributed by atoms with Crippen LogP contribution >= 0.6 is 15.9 Å². The number of aliphatic hydroxyl groups is 1. The van der Waals surface area contributed by atoms with E-state index in [1.54, 1.807) is 30.3 Å². The number of Topliss-reactive ketones (excluding diaryl/α,β-unsaturated/α-hetero) is 1. The van der Waals surface area contributed by atoms with Gasteiger partial charge in [0.25, 0.3) is 11.7 Å². The predicted octanol–water partition coefficient (Wildman–Crippen LogP) is 3.30. The lowest BCUT2D eigenvalue weighted by atomic mass is 9.96. The number of amides is 1. The minimum absolute atomic E-state index is 0.0806. The van der Waals surface area contributed by atoms with Crippen LogP contribution in [0.3, 0.4) is 0 Å². The van der Waals surface area contributed by atoms with Crippen molar-refractivity contribution in [2.75, 3.05) is 0 Å². The second-order valence-corrected chi connectivity index (χ2v) is 5.98. The fourth-order valence-electron chi connectivity index (χ4n) is 2.47. The average Bonchev–Trinajstić information content (AvgIpc) is 2.83. The first-order chi connectivity index (χ1) is 11.0. The van der Waals surface area contributed by atoms with Gasteiger partial charge in [-0.3, -0.25) is 9.59 Å². The monoisotopic (exact) mass is 375 g/mol. The highest BCUT2D eigenvalue weighted by Gasteiger charge is 2.39. The number of ketones is 1. The number of hydrogen-bond donors (Lipinski definition) is 2. The van der Waals surface area contributed by atoms with Crippen LogP contribution in [-0.4, -0.2) is 16.8 Å². The lowest BCUT2D eigenvalue weighted by molar-refractivity contribution is -0.133. The van der Waals surface area contributed by atoms with Crippen molar-refractivity contribution in [3.05, 3.63) is 75.5 Å². The number of carbonyl (C=O) groups excluding carboxylic acids is 2. The summed E-state index contributed by atoms with van der Waals surface area (Å²) in [5.74, 6) is -2.42. The summed E-state index contributed by atoms with van der Waals surface area (Å²) < 4.78 is 14.2. The van der Waals surface area contributed by atoms with E-state index >= 15 is 0 Å². The molecule has 4 nitrogen and oxygen atoms in total. The highest BCUT2D eigenvalue weighted by atomic mass is 79.9. The SMILES string of the molecule is O=C1N[C@@H](c2cccc(F)c2)/C(=C(\O)c2ccc(Br)cc2)C1=O. The Kier molecular flexibility index (Phi) is 4.00. The summed E-state index contributed by atoms with van der Waals surface area (Å²) in [5, 5.41) is 12.9. The van der Waals surface area contributed by atoms with Crippen LogP contribution in [-0.2, 0) is 9.59 Å². The second-order valence-electron chi connectivity index (χ2n) is 5.06. The Morgan fingerprint density at radius 2 is 1.83 bits per heavy atom. The molecule has 6 heteroatoms. The molecule has 1 heterocycles. The smallest absolute Gasteiger partial charge is 0.293 e. The van der Waals surface area contributed by atoms with E-state index in [4.69, 9.17) is 0 Å². The standard InChI is InChI=1S/C17H11BrFNO3/c18-11-6-4-9(5-7-11)15(21)13-14(20-17(23)16(13)22)10-2-1-3-12(19)8-10/h1-8,14,21H,(H,20,23)/b15-13+/t14-/m0/s1. The molecule has 2 N–H and O–H groups in total. The topological polar surface area (TPSA) is 66.4 Å². The van der Waals surface area contributed by atoms with Gasteiger partial charge in [-0.1, -0.05) is 40.2 Å². The molecular weight excluding hydrogens is 365 g/mol. The van der Waals surface area contributed by atoms with Gasteiger partial charge in [-0.2, -0.15) is 0 Å². The molecule has 1 aliphatic rings. The summed E-state index contributed by atoms with van der Waals surface area (Å²) in [4.78, 5) is 23.9. The maximum atomic E-state index is 13.4. The van der Waals surface area contributed by atoms with Crippen molar-refractivity contribution in [2.24, 2.45) is 0 Å². The summed E-state index contributed by atoms with van der Waals surface area (Å²) in [6.07, 6.45) is 0. The van der Waals surface area contributed by atoms with E-state index in [1.165, 1.54) is 18.2 Å². The second kappa shape index (κ2) is 5.96. The van der Waals surface area contributed by atoms with Crippen molar-refractivity contribution in [2.45, 2.75) is 6.04 Å². The molecule has 1 saturated heterocycles. The van der Waals surface area contributed by atoms with Crippen LogP contribution in [0.5, 0.6) is 0 Å². The van der Waals surface area contributed by atoms with Crippen molar-refractivity contribution in [1.29, 1.82) is 0 Å². The van der Waals surface area contributed by atoms with E-state index in [2.05, 4.69) is 21.2 Å². The van der Waals surface area contributed by atoms with Crippen LogP contribution in [0, 0.1) is 5.82 Å². The quantitative estimate of drug-likeness (QED) is 0.480. The molecule has 0 bridgehead atoms. The molecule has 0 unspecified atom stereocenters. The van der Waals surface area contributed by atoms with Crippen LogP contribution in [0.1, 0.15) is 17.2 Å². The molecule has 23 heavy (non-hydrogen) atoms. The average molecular weight is 376 g/mol. The van der Waals surface area contributed by atoms with E-state index in [0.29, 0.717) is 11.1 Å². The maximum Gasteiger partial charge on any atom is 0.293 e. The van der Waals surface area contributed by atoms with Crippen LogP contribution < -0.4 is 5.32 Å². The van der Waals surface area contributed by atoms with Crippen molar-refractivity contribution < 1.29 is 19.1 Å². The number of halogens is 2. The van der Waals surface area contributed by atoms with Gasteiger partial charge in [-0.15, -0.1) is 0 Å². The van der Waals surface area contributed by atoms with Crippen molar-refractivity contribution in [3.63, 3.8) is 0 Å². The molecule has 0 saturated carbocycles. The highest BCUT2D eigenvalue weighted by molar-refractivity contribution is 9.10. The Bertz CT molecular complexity index is 830. The first-order valence-corrected chi connectivity index (χ1v) is 7.56. The van der Waals surface area contributed by atoms with Gasteiger partial charge in [0.2, 0.25) is 0 Å². The zero-order chi connectivity index (χ0) is 16.6. The van der Waals surface area contributed by atoms with Gasteiger partial charge in [-0.25, -0.2) is 4.39 Å². The largest absolute Gasteiger partial charge is 0.507 e. The normalized spacial score (nSPS) is 19.7. The molecule has 2 aromatic carbocycles. The molecule has 2 aromatic rings. The first-order valence-electron chi connectivity index (χ1n) is 6.77. The summed E-state index contributed by atoms with van der Waals surface area (Å²) in [5.41, 5.74) is 0.709. The minimum atomic E-state index is -0.880. The number of carbonyl (C=O) groups is 2. The molecule has 0 spiro atoms. The third kappa shape index (κ3) is 2.90. The fraction of sp³-hybridized carbons (Fsp3) is 0.0588. The lowest BCUT2D eigenvalue weighted by Gasteiger charge is -2.13. The van der Waals surface area contributed by atoms with Crippen molar-refractivity contribution in [1.82, 2.24) is 5.32 Å². The van der Waals surface area contributed by atoms with E-state index in [-0.39, 0.29) is 11.3 Å². The van der Waals surface area contributed by atoms with E-state index in [0.717, 1.165) is 4.47 Å². The third-order valence-corrected chi connectivity index (χ3v) is 4.10. The number of benzene rings is 2. The molecule has 3 rings (SSSR count). The van der Waals surface area contributed by atoms with Crippen LogP contribution in [0.25, 0.3) is 5.76 Å². The molecule has 1 amide bonds. The Labute approximate surface area is 139 Å². The van der Waals surface area contributed by atoms with Crippen LogP contribution in [0.4, 0.5) is 4.39 Å². The fourth-order valence-corrected chi connectivity index (χ4v) is 2.73. The first kappa shape index (κ1) is 15.4. The van der Waals surface area contributed by atoms with E-state index in [1.807, 2.05) is 0 Å². The lowest BCUT2D eigenvalue weighted by Crippen LogP contribution is -2.21. The van der Waals surface area contributed by atoms with Crippen LogP contribution in [0.15, 0.2) is 58.6 Å². The molecular formula is C17H11BrFNO3. The summed E-state index contributed by atoms with van der Waals surface area (Å²) in [6.45, 7) is 0. The Morgan fingerprint density at radius 1 is 1.13 bits per heavy atom. The molecule has 1 fully saturated rings. The molecule has 1 atom stereocenters. The maximum absolute atomic E-state index is 13.4. The number of nitrogens with one attached hydrogen (secondary N) is 1. The van der Waals surface area contributed by atoms with Gasteiger partial charge in [0.1, 0.15) is 11.6 Å². The minimum Gasteiger partial charge on any atom is -0.507 e. The zero-order valence-corrected chi connectivity index (χ0v) is 13.3. The van der Waals surface area contributed by atoms with E-state index in [9.17, 15) is 19.1 Å². The molecule has 0 aliphatic carbocycles. The van der Waals surface area contributed by atoms with Crippen LogP contribution in [0.2, 0.25) is 0 Å². The van der Waals surface area contributed by atoms with Gasteiger partial charge in [0.15, 0.2) is 0 Å². The Hall–Kier alpha value is -2.47. The third-order valence-electron chi connectivity index (χ3n) is 3.57. The van der Waals surface area contributed by atoms with Gasteiger partial charge >= 0.3 is 0 Å². The van der Waals surface area contributed by atoms with Gasteiger partial charge in [0.05, 0.1) is 11.6 Å².